The van der Waals surface area contributed by atoms with Crippen LogP contribution < -0.4 is 4.74 Å². The van der Waals surface area contributed by atoms with E-state index < -0.39 is 0 Å². The Kier molecular flexibility index (Phi) is 4.61. The first-order valence-electron chi connectivity index (χ1n) is 5.73. The highest BCUT2D eigenvalue weighted by Gasteiger charge is 2.06. The second kappa shape index (κ2) is 6.22. The van der Waals surface area contributed by atoms with Gasteiger partial charge in [0.1, 0.15) is 18.6 Å². The summed E-state index contributed by atoms with van der Waals surface area (Å²) >= 11 is 9.54. The fraction of sp³-hybridized carbons (Fsp3) is 0.133. The molecule has 0 aliphatic carbocycles. The van der Waals surface area contributed by atoms with Crippen molar-refractivity contribution in [3.05, 3.63) is 62.6 Å². The van der Waals surface area contributed by atoms with Gasteiger partial charge in [-0.25, -0.2) is 0 Å². The first-order chi connectivity index (χ1) is 9.11. The van der Waals surface area contributed by atoms with Crippen molar-refractivity contribution in [1.82, 2.24) is 0 Å². The van der Waals surface area contributed by atoms with Crippen LogP contribution in [0.25, 0.3) is 0 Å². The molecule has 0 unspecified atom stereocenters. The molecule has 0 aromatic heterocycles. The Morgan fingerprint density at radius 3 is 2.79 bits per heavy atom. The molecular weight excluding hydrogens is 328 g/mol. The third-order valence-corrected chi connectivity index (χ3v) is 4.01. The molecule has 0 N–H and O–H groups in total. The van der Waals surface area contributed by atoms with Gasteiger partial charge in [-0.15, -0.1) is 0 Å². The molecule has 98 valence electrons. The van der Waals surface area contributed by atoms with Crippen LogP contribution in [0.1, 0.15) is 21.5 Å². The summed E-state index contributed by atoms with van der Waals surface area (Å²) in [6.07, 6.45) is 0.758. The number of ether oxygens (including phenoxy) is 1. The largest absolute Gasteiger partial charge is 0.487 e. The zero-order valence-corrected chi connectivity index (χ0v) is 12.7. The maximum atomic E-state index is 10.6. The maximum Gasteiger partial charge on any atom is 0.150 e. The van der Waals surface area contributed by atoms with Gasteiger partial charge in [0.2, 0.25) is 0 Å². The third kappa shape index (κ3) is 3.37. The minimum absolute atomic E-state index is 0.436. The van der Waals surface area contributed by atoms with Gasteiger partial charge >= 0.3 is 0 Å². The molecule has 0 heterocycles. The van der Waals surface area contributed by atoms with Crippen molar-refractivity contribution in [2.24, 2.45) is 0 Å². The molecule has 0 amide bonds. The van der Waals surface area contributed by atoms with E-state index in [-0.39, 0.29) is 0 Å². The van der Waals surface area contributed by atoms with E-state index in [1.165, 1.54) is 0 Å². The summed E-state index contributed by atoms with van der Waals surface area (Å²) < 4.78 is 6.74. The van der Waals surface area contributed by atoms with Crippen molar-refractivity contribution < 1.29 is 9.53 Å². The molecule has 0 radical (unpaired) electrons. The van der Waals surface area contributed by atoms with E-state index in [0.717, 1.165) is 21.9 Å². The summed E-state index contributed by atoms with van der Waals surface area (Å²) in [5.41, 5.74) is 2.77. The number of carbonyl (C=O) groups excluding carboxylic acids is 1. The molecule has 0 spiro atoms. The number of hydrogen-bond acceptors (Lipinski definition) is 2. The molecule has 0 fully saturated rings. The summed E-state index contributed by atoms with van der Waals surface area (Å²) in [6, 6.07) is 10.9. The van der Waals surface area contributed by atoms with Crippen molar-refractivity contribution in [1.29, 1.82) is 0 Å². The van der Waals surface area contributed by atoms with Gasteiger partial charge in [0.05, 0.1) is 5.02 Å². The van der Waals surface area contributed by atoms with Gasteiger partial charge in [-0.1, -0.05) is 39.7 Å². The molecule has 0 saturated heterocycles. The molecule has 0 bridgehead atoms. The van der Waals surface area contributed by atoms with Crippen molar-refractivity contribution in [3.8, 4) is 5.75 Å². The second-order valence-electron chi connectivity index (χ2n) is 4.12. The average molecular weight is 340 g/mol. The molecule has 4 heteroatoms. The molecule has 2 aromatic carbocycles. The minimum Gasteiger partial charge on any atom is -0.487 e. The van der Waals surface area contributed by atoms with E-state index in [1.807, 2.05) is 25.1 Å². The summed E-state index contributed by atoms with van der Waals surface area (Å²) in [4.78, 5) is 10.6. The molecule has 2 aromatic rings. The lowest BCUT2D eigenvalue weighted by atomic mass is 10.1. The van der Waals surface area contributed by atoms with E-state index >= 15 is 0 Å². The van der Waals surface area contributed by atoms with E-state index in [9.17, 15) is 4.79 Å². The van der Waals surface area contributed by atoms with Gasteiger partial charge in [0.25, 0.3) is 0 Å². The Bertz CT molecular complexity index is 611. The second-order valence-corrected chi connectivity index (χ2v) is 5.38. The number of carbonyl (C=O) groups is 1. The Morgan fingerprint density at radius 2 is 2.11 bits per heavy atom. The lowest BCUT2D eigenvalue weighted by Gasteiger charge is -2.11. The van der Waals surface area contributed by atoms with Crippen molar-refractivity contribution >= 4 is 33.8 Å². The minimum atomic E-state index is 0.436. The van der Waals surface area contributed by atoms with Crippen LogP contribution in [0.15, 0.2) is 40.9 Å². The molecule has 0 saturated carbocycles. The van der Waals surface area contributed by atoms with Crippen LogP contribution in [0.4, 0.5) is 0 Å². The fourth-order valence-electron chi connectivity index (χ4n) is 1.67. The van der Waals surface area contributed by atoms with Crippen LogP contribution >= 0.6 is 27.5 Å². The normalized spacial score (nSPS) is 10.3. The highest BCUT2D eigenvalue weighted by atomic mass is 79.9. The predicted octanol–water partition coefficient (Wildman–Crippen LogP) is 4.80. The first kappa shape index (κ1) is 14.1. The van der Waals surface area contributed by atoms with Gasteiger partial charge in [-0.2, -0.15) is 0 Å². The Balaban J connectivity index is 2.14. The van der Waals surface area contributed by atoms with Crippen molar-refractivity contribution in [2.75, 3.05) is 0 Å². The van der Waals surface area contributed by atoms with Crippen LogP contribution in [0.5, 0.6) is 5.75 Å². The highest BCUT2D eigenvalue weighted by Crippen LogP contribution is 2.27. The monoisotopic (exact) mass is 338 g/mol. The number of aldehydes is 1. The topological polar surface area (TPSA) is 26.3 Å². The fourth-order valence-corrected chi connectivity index (χ4v) is 2.32. The third-order valence-electron chi connectivity index (χ3n) is 2.86. The number of benzene rings is 2. The summed E-state index contributed by atoms with van der Waals surface area (Å²) in [7, 11) is 0. The molecule has 0 atom stereocenters. The van der Waals surface area contributed by atoms with Crippen LogP contribution in [0.2, 0.25) is 5.02 Å². The first-order valence-corrected chi connectivity index (χ1v) is 6.90. The molecule has 2 nitrogen and oxygen atoms in total. The van der Waals surface area contributed by atoms with Gasteiger partial charge in [-0.3, -0.25) is 4.79 Å². The van der Waals surface area contributed by atoms with Crippen LogP contribution in [-0.2, 0) is 6.61 Å². The highest BCUT2D eigenvalue weighted by molar-refractivity contribution is 9.10. The van der Waals surface area contributed by atoms with Crippen LogP contribution in [0.3, 0.4) is 0 Å². The van der Waals surface area contributed by atoms with Crippen molar-refractivity contribution in [2.45, 2.75) is 13.5 Å². The maximum absolute atomic E-state index is 10.6. The SMILES string of the molecule is Cc1c(Br)cccc1COc1ccc(C=O)cc1Cl. The molecule has 0 aliphatic rings. The molecule has 0 aliphatic heterocycles. The standard InChI is InChI=1S/C15H12BrClO2/c1-10-12(3-2-4-13(10)16)9-19-15-6-5-11(8-18)7-14(15)17/h2-8H,9H2,1H3. The molecule has 19 heavy (non-hydrogen) atoms. The summed E-state index contributed by atoms with van der Waals surface area (Å²) in [5, 5.41) is 0.442. The average Bonchev–Trinajstić information content (AvgIpc) is 2.41. The van der Waals surface area contributed by atoms with Gasteiger partial charge in [0, 0.05) is 10.0 Å². The van der Waals surface area contributed by atoms with Gasteiger partial charge in [0.15, 0.2) is 0 Å². The van der Waals surface area contributed by atoms with E-state index in [1.54, 1.807) is 18.2 Å². The van der Waals surface area contributed by atoms with Gasteiger partial charge in [-0.05, 0) is 42.3 Å². The zero-order valence-electron chi connectivity index (χ0n) is 10.3. The Hall–Kier alpha value is -1.32. The molecule has 2 rings (SSSR count). The van der Waals surface area contributed by atoms with Gasteiger partial charge < -0.3 is 4.74 Å². The number of hydrogen-bond donors (Lipinski definition) is 0. The zero-order chi connectivity index (χ0) is 13.8. The van der Waals surface area contributed by atoms with Crippen molar-refractivity contribution in [3.63, 3.8) is 0 Å². The molecular formula is C15H12BrClO2. The lowest BCUT2D eigenvalue weighted by Crippen LogP contribution is -1.99. The summed E-state index contributed by atoms with van der Waals surface area (Å²) in [6.45, 7) is 2.46. The van der Waals surface area contributed by atoms with Crippen LogP contribution in [0, 0.1) is 6.92 Å². The van der Waals surface area contributed by atoms with E-state index in [0.29, 0.717) is 22.9 Å². The summed E-state index contributed by atoms with van der Waals surface area (Å²) in [5.74, 6) is 0.576. The smallest absolute Gasteiger partial charge is 0.150 e. The Morgan fingerprint density at radius 1 is 1.32 bits per heavy atom. The number of halogens is 2. The number of rotatable bonds is 4. The Labute approximate surface area is 125 Å². The lowest BCUT2D eigenvalue weighted by molar-refractivity contribution is 0.112. The van der Waals surface area contributed by atoms with E-state index in [2.05, 4.69) is 15.9 Å². The van der Waals surface area contributed by atoms with Crippen LogP contribution in [-0.4, -0.2) is 6.29 Å². The quantitative estimate of drug-likeness (QED) is 0.748. The predicted molar refractivity (Wildman–Crippen MR) is 80.1 cm³/mol. The van der Waals surface area contributed by atoms with E-state index in [4.69, 9.17) is 16.3 Å².